The van der Waals surface area contributed by atoms with Crippen LogP contribution in [0, 0.1) is 5.92 Å². The van der Waals surface area contributed by atoms with E-state index >= 15 is 0 Å². The summed E-state index contributed by atoms with van der Waals surface area (Å²) in [5.74, 6) is -0.943. The highest BCUT2D eigenvalue weighted by molar-refractivity contribution is 5.90. The van der Waals surface area contributed by atoms with E-state index in [4.69, 9.17) is 18.6 Å². The third-order valence-electron chi connectivity index (χ3n) is 11.7. The van der Waals surface area contributed by atoms with Gasteiger partial charge in [0.05, 0.1) is 12.2 Å². The summed E-state index contributed by atoms with van der Waals surface area (Å²) in [5, 5.41) is 11.1. The fraction of sp³-hybridized carbons (Fsp3) is 0.380. The van der Waals surface area contributed by atoms with E-state index in [1.165, 1.54) is 16.7 Å². The third kappa shape index (κ3) is 8.82. The van der Waals surface area contributed by atoms with Crippen LogP contribution in [0.2, 0.25) is 0 Å². The first kappa shape index (κ1) is 40.7. The molecule has 0 spiro atoms. The van der Waals surface area contributed by atoms with Crippen LogP contribution < -0.4 is 10.4 Å². The van der Waals surface area contributed by atoms with E-state index in [1.807, 2.05) is 33.8 Å². The van der Waals surface area contributed by atoms with E-state index < -0.39 is 42.0 Å². The number of ether oxygens (including phenoxy) is 3. The molecular weight excluding hydrogens is 729 g/mol. The van der Waals surface area contributed by atoms with Gasteiger partial charge >= 0.3 is 17.6 Å². The van der Waals surface area contributed by atoms with Gasteiger partial charge in [-0.1, -0.05) is 98.3 Å². The zero-order valence-corrected chi connectivity index (χ0v) is 34.4. The Balaban J connectivity index is 1.28. The minimum atomic E-state index is -1.18. The lowest BCUT2D eigenvalue weighted by atomic mass is 9.85. The molecule has 3 aliphatic rings. The molecule has 0 amide bonds. The van der Waals surface area contributed by atoms with Gasteiger partial charge in [0.1, 0.15) is 16.9 Å². The van der Waals surface area contributed by atoms with Crippen molar-refractivity contribution in [2.75, 3.05) is 0 Å². The number of hydrogen-bond donors (Lipinski definition) is 1. The second kappa shape index (κ2) is 17.2. The van der Waals surface area contributed by atoms with Crippen LogP contribution in [-0.2, 0) is 51.4 Å². The fourth-order valence-electron chi connectivity index (χ4n) is 8.63. The Bertz CT molecular complexity index is 2380. The molecule has 1 N–H and O–H groups in total. The zero-order valence-electron chi connectivity index (χ0n) is 34.4. The molecule has 58 heavy (non-hydrogen) atoms. The molecular formula is C50H54O8. The molecule has 3 aliphatic heterocycles. The summed E-state index contributed by atoms with van der Waals surface area (Å²) < 4.78 is 25.5. The highest BCUT2D eigenvalue weighted by atomic mass is 16.6. The van der Waals surface area contributed by atoms with Crippen molar-refractivity contribution in [3.05, 3.63) is 157 Å². The monoisotopic (exact) mass is 782 g/mol. The number of aliphatic hydroxyl groups is 1. The van der Waals surface area contributed by atoms with Gasteiger partial charge in [-0.15, -0.1) is 0 Å². The number of rotatable bonds is 7. The van der Waals surface area contributed by atoms with E-state index in [0.29, 0.717) is 52.7 Å². The summed E-state index contributed by atoms with van der Waals surface area (Å²) in [5.41, 5.74) is 6.76. The number of aryl methyl sites for hydroxylation is 2. The summed E-state index contributed by atoms with van der Waals surface area (Å²) >= 11 is 0. The lowest BCUT2D eigenvalue weighted by Gasteiger charge is -2.43. The number of allylic oxidation sites excluding steroid dienone is 1. The van der Waals surface area contributed by atoms with Gasteiger partial charge in [0.25, 0.3) is 0 Å². The minimum absolute atomic E-state index is 0.0744. The van der Waals surface area contributed by atoms with Gasteiger partial charge in [-0.05, 0) is 124 Å². The van der Waals surface area contributed by atoms with Gasteiger partial charge in [0.2, 0.25) is 0 Å². The molecule has 8 rings (SSSR count). The first-order valence-corrected chi connectivity index (χ1v) is 20.5. The van der Waals surface area contributed by atoms with Crippen molar-refractivity contribution in [3.8, 4) is 5.75 Å². The number of fused-ring (bicyclic) bond motifs is 13. The summed E-state index contributed by atoms with van der Waals surface area (Å²) in [6.07, 6.45) is 1.93. The predicted octanol–water partition coefficient (Wildman–Crippen LogP) is 9.83. The molecule has 1 aromatic heterocycles. The van der Waals surface area contributed by atoms with Crippen LogP contribution >= 0.6 is 0 Å². The standard InChI is InChI=1S/C50H54O8/c1-30(2)38-22-21-32-15-17-35(18-16-32)27-37(20-19-34-13-10-14-36(26-34)25-33-11-8-7-9-12-33)28-42(52)55-46-44-41(58-50(5,6)47(46)57-48(38)53)24-23-39-40(29-51)43(31(3)4)49(54)56-45(39)44/h7-18,23-24,26,31,37,46-47,51H,19-22,25,27-29H2,1-6H3. The van der Waals surface area contributed by atoms with E-state index in [1.54, 1.807) is 26.0 Å². The maximum absolute atomic E-state index is 14.5. The van der Waals surface area contributed by atoms with Crippen LogP contribution in [0.25, 0.3) is 11.0 Å². The predicted molar refractivity (Wildman–Crippen MR) is 225 cm³/mol. The van der Waals surface area contributed by atoms with Crippen molar-refractivity contribution >= 4 is 22.9 Å². The largest absolute Gasteiger partial charge is 0.483 e. The summed E-state index contributed by atoms with van der Waals surface area (Å²) in [4.78, 5) is 42.2. The van der Waals surface area contributed by atoms with Crippen molar-refractivity contribution in [2.45, 2.75) is 117 Å². The molecule has 302 valence electrons. The molecule has 8 heteroatoms. The maximum atomic E-state index is 14.5. The maximum Gasteiger partial charge on any atom is 0.340 e. The highest BCUT2D eigenvalue weighted by Crippen LogP contribution is 2.48. The number of carbonyl (C=O) groups is 2. The van der Waals surface area contributed by atoms with Crippen molar-refractivity contribution in [3.63, 3.8) is 0 Å². The average Bonchev–Trinajstić information content (AvgIpc) is 3.18. The molecule has 0 aliphatic carbocycles. The topological polar surface area (TPSA) is 112 Å². The summed E-state index contributed by atoms with van der Waals surface area (Å²) in [7, 11) is 0. The molecule has 8 nitrogen and oxygen atoms in total. The van der Waals surface area contributed by atoms with Gasteiger partial charge < -0.3 is 23.7 Å². The number of carbonyl (C=O) groups excluding carboxylic acids is 2. The molecule has 3 atom stereocenters. The minimum Gasteiger partial charge on any atom is -0.483 e. The van der Waals surface area contributed by atoms with Gasteiger partial charge in [-0.25, -0.2) is 9.59 Å². The van der Waals surface area contributed by atoms with Gasteiger partial charge in [0, 0.05) is 22.9 Å². The van der Waals surface area contributed by atoms with Gasteiger partial charge in [-0.3, -0.25) is 4.79 Å². The zero-order chi connectivity index (χ0) is 41.1. The highest BCUT2D eigenvalue weighted by Gasteiger charge is 2.50. The second-order valence-electron chi connectivity index (χ2n) is 17.0. The Morgan fingerprint density at radius 1 is 0.810 bits per heavy atom. The van der Waals surface area contributed by atoms with Crippen LogP contribution in [0.3, 0.4) is 0 Å². The van der Waals surface area contributed by atoms with Crippen molar-refractivity contribution in [1.82, 2.24) is 0 Å². The quantitative estimate of drug-likeness (QED) is 0.0987. The van der Waals surface area contributed by atoms with E-state index in [9.17, 15) is 19.5 Å². The summed E-state index contributed by atoms with van der Waals surface area (Å²) in [6, 6.07) is 31.0. The molecule has 0 fully saturated rings. The second-order valence-corrected chi connectivity index (χ2v) is 17.0. The Morgan fingerprint density at radius 2 is 1.52 bits per heavy atom. The third-order valence-corrected chi connectivity index (χ3v) is 11.7. The van der Waals surface area contributed by atoms with Crippen LogP contribution in [0.5, 0.6) is 5.75 Å². The Morgan fingerprint density at radius 3 is 2.22 bits per heavy atom. The molecule has 0 saturated carbocycles. The summed E-state index contributed by atoms with van der Waals surface area (Å²) in [6.45, 7) is 10.7. The fourth-order valence-corrected chi connectivity index (χ4v) is 8.63. The number of aliphatic hydroxyl groups excluding tert-OH is 1. The van der Waals surface area contributed by atoms with E-state index in [0.717, 1.165) is 36.0 Å². The van der Waals surface area contributed by atoms with Crippen molar-refractivity contribution in [2.24, 2.45) is 5.92 Å². The first-order valence-electron chi connectivity index (χ1n) is 20.5. The van der Waals surface area contributed by atoms with Crippen LogP contribution in [0.4, 0.5) is 0 Å². The Hall–Kier alpha value is -5.47. The average molecular weight is 783 g/mol. The molecule has 0 saturated heterocycles. The Kier molecular flexibility index (Phi) is 12.1. The lowest BCUT2D eigenvalue weighted by Crippen LogP contribution is -2.52. The molecule has 0 radical (unpaired) electrons. The van der Waals surface area contributed by atoms with E-state index in [2.05, 4.69) is 72.8 Å². The molecule has 3 unspecified atom stereocenters. The van der Waals surface area contributed by atoms with E-state index in [-0.39, 0.29) is 23.8 Å². The smallest absolute Gasteiger partial charge is 0.340 e. The van der Waals surface area contributed by atoms with Crippen LogP contribution in [0.15, 0.2) is 111 Å². The lowest BCUT2D eigenvalue weighted by molar-refractivity contribution is -0.188. The number of hydrogen-bond acceptors (Lipinski definition) is 8. The van der Waals surface area contributed by atoms with Crippen molar-refractivity contribution < 1.29 is 33.3 Å². The molecule has 4 aromatic carbocycles. The van der Waals surface area contributed by atoms with Gasteiger partial charge in [0.15, 0.2) is 12.2 Å². The van der Waals surface area contributed by atoms with Gasteiger partial charge in [-0.2, -0.15) is 0 Å². The number of esters is 2. The number of benzene rings is 4. The normalized spacial score (nSPS) is 19.6. The molecule has 5 aromatic rings. The molecule has 2 bridgehead atoms. The molecule has 4 heterocycles. The van der Waals surface area contributed by atoms with Crippen LogP contribution in [0.1, 0.15) is 117 Å². The van der Waals surface area contributed by atoms with Crippen molar-refractivity contribution in [1.29, 1.82) is 0 Å². The Labute approximate surface area is 340 Å². The van der Waals surface area contributed by atoms with Crippen LogP contribution in [-0.4, -0.2) is 28.8 Å². The SMILES string of the molecule is CC(C)=C1CCc2ccc(cc2)CC(CCc2cccc(Cc3ccccc3)c2)CC(=O)OC2c3c(ccc4c(CO)c(C(C)C)c(=O)oc34)OC(C)(C)C2OC1=O. The first-order chi connectivity index (χ1) is 27.8.